The average molecular weight is 318 g/mol. The van der Waals surface area contributed by atoms with Crippen molar-refractivity contribution in [3.8, 4) is 0 Å². The first kappa shape index (κ1) is 12.6. The van der Waals surface area contributed by atoms with E-state index in [2.05, 4.69) is 15.9 Å². The number of carbonyl (C=O) groups is 2. The number of thiophene rings is 1. The summed E-state index contributed by atoms with van der Waals surface area (Å²) in [6.07, 6.45) is 1.80. The predicted molar refractivity (Wildman–Crippen MR) is 68.3 cm³/mol. The Morgan fingerprint density at radius 3 is 2.65 bits per heavy atom. The van der Waals surface area contributed by atoms with E-state index in [9.17, 15) is 9.59 Å². The Bertz CT molecular complexity index is 455. The van der Waals surface area contributed by atoms with E-state index in [4.69, 9.17) is 5.11 Å². The summed E-state index contributed by atoms with van der Waals surface area (Å²) >= 11 is 4.62. The van der Waals surface area contributed by atoms with Crippen molar-refractivity contribution < 1.29 is 14.7 Å². The minimum Gasteiger partial charge on any atom is -0.480 e. The van der Waals surface area contributed by atoms with Gasteiger partial charge in [-0.15, -0.1) is 11.3 Å². The molecule has 1 heterocycles. The minimum atomic E-state index is -0.958. The summed E-state index contributed by atoms with van der Waals surface area (Å²) in [6.45, 7) is 1.56. The molecule has 2 rings (SSSR count). The third-order valence-corrected chi connectivity index (χ3v) is 4.41. The number of carboxylic acids is 1. The standard InChI is InChI=1S/C11H12BrNO3S/c1-6(11(15)16)13(8-2-3-8)10(14)9-4-7(12)5-17-9/h4-6,8H,2-3H2,1H3,(H,15,16). The summed E-state index contributed by atoms with van der Waals surface area (Å²) in [4.78, 5) is 25.3. The number of aliphatic carboxylic acids is 1. The monoisotopic (exact) mass is 317 g/mol. The number of nitrogens with zero attached hydrogens (tertiary/aromatic N) is 1. The Kier molecular flexibility index (Phi) is 3.53. The number of halogens is 1. The number of amides is 1. The highest BCUT2D eigenvalue weighted by atomic mass is 79.9. The summed E-state index contributed by atoms with van der Waals surface area (Å²) in [5.74, 6) is -1.14. The maximum Gasteiger partial charge on any atom is 0.326 e. The lowest BCUT2D eigenvalue weighted by Gasteiger charge is -2.25. The van der Waals surface area contributed by atoms with Gasteiger partial charge >= 0.3 is 5.97 Å². The van der Waals surface area contributed by atoms with Crippen LogP contribution in [0, 0.1) is 0 Å². The molecule has 0 aliphatic heterocycles. The van der Waals surface area contributed by atoms with Crippen LogP contribution in [0.4, 0.5) is 0 Å². The molecule has 0 aromatic carbocycles. The first-order valence-corrected chi connectivity index (χ1v) is 6.97. The third kappa shape index (κ3) is 2.69. The van der Waals surface area contributed by atoms with Crippen LogP contribution in [-0.4, -0.2) is 34.0 Å². The second-order valence-corrected chi connectivity index (χ2v) is 5.91. The topological polar surface area (TPSA) is 57.6 Å². The van der Waals surface area contributed by atoms with E-state index in [0.717, 1.165) is 17.3 Å². The largest absolute Gasteiger partial charge is 0.480 e. The molecule has 1 aromatic rings. The van der Waals surface area contributed by atoms with Crippen LogP contribution in [0.25, 0.3) is 0 Å². The third-order valence-electron chi connectivity index (χ3n) is 2.73. The SMILES string of the molecule is CC(C(=O)O)N(C(=O)c1cc(Br)cs1)C1CC1. The Morgan fingerprint density at radius 1 is 1.59 bits per heavy atom. The molecule has 17 heavy (non-hydrogen) atoms. The molecule has 1 aliphatic carbocycles. The molecule has 1 aromatic heterocycles. The quantitative estimate of drug-likeness (QED) is 0.928. The zero-order chi connectivity index (χ0) is 12.6. The van der Waals surface area contributed by atoms with Gasteiger partial charge in [0.25, 0.3) is 5.91 Å². The molecule has 1 fully saturated rings. The fourth-order valence-corrected chi connectivity index (χ4v) is 3.05. The molecule has 1 aliphatic rings. The van der Waals surface area contributed by atoms with E-state index in [1.54, 1.807) is 13.0 Å². The van der Waals surface area contributed by atoms with Gasteiger partial charge in [-0.1, -0.05) is 0 Å². The van der Waals surface area contributed by atoms with Crippen molar-refractivity contribution in [3.05, 3.63) is 20.8 Å². The number of carboxylic acid groups (broad SMARTS) is 1. The Hall–Kier alpha value is -0.880. The van der Waals surface area contributed by atoms with Crippen LogP contribution < -0.4 is 0 Å². The second kappa shape index (κ2) is 4.78. The lowest BCUT2D eigenvalue weighted by atomic mass is 10.2. The molecule has 92 valence electrons. The van der Waals surface area contributed by atoms with E-state index in [0.29, 0.717) is 4.88 Å². The van der Waals surface area contributed by atoms with Crippen LogP contribution in [0.15, 0.2) is 15.9 Å². The van der Waals surface area contributed by atoms with Gasteiger partial charge in [-0.25, -0.2) is 4.79 Å². The van der Waals surface area contributed by atoms with Gasteiger partial charge in [0.05, 0.1) is 4.88 Å². The van der Waals surface area contributed by atoms with Crippen LogP contribution >= 0.6 is 27.3 Å². The highest BCUT2D eigenvalue weighted by Gasteiger charge is 2.39. The highest BCUT2D eigenvalue weighted by Crippen LogP contribution is 2.32. The summed E-state index contributed by atoms with van der Waals surface area (Å²) in [5, 5.41) is 10.9. The molecule has 0 bridgehead atoms. The number of hydrogen-bond acceptors (Lipinski definition) is 3. The van der Waals surface area contributed by atoms with Crippen molar-refractivity contribution in [1.82, 2.24) is 4.90 Å². The average Bonchev–Trinajstić information content (AvgIpc) is 3.00. The molecule has 1 saturated carbocycles. The molecule has 0 saturated heterocycles. The van der Waals surface area contributed by atoms with Gasteiger partial charge in [0.2, 0.25) is 0 Å². The molecule has 0 radical (unpaired) electrons. The Balaban J connectivity index is 2.21. The van der Waals surface area contributed by atoms with Crippen LogP contribution in [0.2, 0.25) is 0 Å². The summed E-state index contributed by atoms with van der Waals surface area (Å²) < 4.78 is 0.851. The lowest BCUT2D eigenvalue weighted by Crippen LogP contribution is -2.44. The van der Waals surface area contributed by atoms with Gasteiger partial charge in [0.15, 0.2) is 0 Å². The van der Waals surface area contributed by atoms with Crippen molar-refractivity contribution in [3.63, 3.8) is 0 Å². The fourth-order valence-electron chi connectivity index (χ4n) is 1.68. The van der Waals surface area contributed by atoms with E-state index in [1.807, 2.05) is 5.38 Å². The molecular formula is C11H12BrNO3S. The maximum absolute atomic E-state index is 12.2. The number of rotatable bonds is 4. The van der Waals surface area contributed by atoms with Crippen LogP contribution in [-0.2, 0) is 4.79 Å². The van der Waals surface area contributed by atoms with Gasteiger partial charge in [-0.2, -0.15) is 0 Å². The predicted octanol–water partition coefficient (Wildman–Crippen LogP) is 2.59. The zero-order valence-corrected chi connectivity index (χ0v) is 11.6. The van der Waals surface area contributed by atoms with Gasteiger partial charge in [-0.3, -0.25) is 4.79 Å². The van der Waals surface area contributed by atoms with E-state index in [-0.39, 0.29) is 11.9 Å². The maximum atomic E-state index is 12.2. The number of hydrogen-bond donors (Lipinski definition) is 1. The van der Waals surface area contributed by atoms with Crippen molar-refractivity contribution in [1.29, 1.82) is 0 Å². The fraction of sp³-hybridized carbons (Fsp3) is 0.455. The molecule has 4 nitrogen and oxygen atoms in total. The van der Waals surface area contributed by atoms with Crippen LogP contribution in [0.3, 0.4) is 0 Å². The van der Waals surface area contributed by atoms with E-state index in [1.165, 1.54) is 16.2 Å². The Labute approximate surface area is 111 Å². The summed E-state index contributed by atoms with van der Waals surface area (Å²) in [6, 6.07) is 1.06. The van der Waals surface area contributed by atoms with Gasteiger partial charge < -0.3 is 10.0 Å². The van der Waals surface area contributed by atoms with E-state index >= 15 is 0 Å². The lowest BCUT2D eigenvalue weighted by molar-refractivity contribution is -0.141. The highest BCUT2D eigenvalue weighted by molar-refractivity contribution is 9.10. The molecule has 1 unspecified atom stereocenters. The molecule has 0 spiro atoms. The van der Waals surface area contributed by atoms with Crippen LogP contribution in [0.5, 0.6) is 0 Å². The van der Waals surface area contributed by atoms with Gasteiger partial charge in [0.1, 0.15) is 6.04 Å². The summed E-state index contributed by atoms with van der Waals surface area (Å²) in [5.41, 5.74) is 0. The molecular weight excluding hydrogens is 306 g/mol. The molecule has 1 atom stereocenters. The van der Waals surface area contributed by atoms with Gasteiger partial charge in [-0.05, 0) is 41.8 Å². The van der Waals surface area contributed by atoms with Crippen molar-refractivity contribution in [2.24, 2.45) is 0 Å². The second-order valence-electron chi connectivity index (χ2n) is 4.09. The minimum absolute atomic E-state index is 0.0921. The molecule has 1 amide bonds. The zero-order valence-electron chi connectivity index (χ0n) is 9.22. The number of carbonyl (C=O) groups excluding carboxylic acids is 1. The smallest absolute Gasteiger partial charge is 0.326 e. The normalized spacial score (nSPS) is 16.6. The van der Waals surface area contributed by atoms with E-state index < -0.39 is 12.0 Å². The molecule has 1 N–H and O–H groups in total. The Morgan fingerprint density at radius 2 is 2.24 bits per heavy atom. The van der Waals surface area contributed by atoms with Crippen molar-refractivity contribution >= 4 is 39.1 Å². The van der Waals surface area contributed by atoms with Crippen LogP contribution in [0.1, 0.15) is 29.4 Å². The van der Waals surface area contributed by atoms with Crippen molar-refractivity contribution in [2.45, 2.75) is 31.8 Å². The first-order valence-electron chi connectivity index (χ1n) is 5.30. The van der Waals surface area contributed by atoms with Crippen molar-refractivity contribution in [2.75, 3.05) is 0 Å². The summed E-state index contributed by atoms with van der Waals surface area (Å²) in [7, 11) is 0. The first-order chi connectivity index (χ1) is 8.00. The van der Waals surface area contributed by atoms with Gasteiger partial charge in [0, 0.05) is 15.9 Å². The molecule has 6 heteroatoms.